The minimum Gasteiger partial charge on any atom is -0.293 e. The molecule has 506 valence electrons. The topological polar surface area (TPSA) is 34.6 Å². The van der Waals surface area contributed by atoms with Crippen LogP contribution in [0.4, 0.5) is 0 Å². The molecule has 0 saturated heterocycles. The van der Waals surface area contributed by atoms with Gasteiger partial charge in [0.15, 0.2) is 0 Å². The molecular weight excluding hydrogens is 1260 g/mol. The zero-order chi connectivity index (χ0) is 69.5. The Kier molecular flexibility index (Phi) is 16.3. The Bertz CT molecular complexity index is 6170. The quantitative estimate of drug-likeness (QED) is 0.0433. The summed E-state index contributed by atoms with van der Waals surface area (Å²) in [5, 5.41) is 22.6. The van der Waals surface area contributed by atoms with Gasteiger partial charge in [-0.25, -0.2) is 9.97 Å². The number of hydrogen-bond acceptors (Lipinski definition) is 2. The van der Waals surface area contributed by atoms with Crippen molar-refractivity contribution in [3.8, 4) is 44.5 Å². The van der Waals surface area contributed by atoms with E-state index in [1.165, 1.54) is 224 Å². The molecule has 0 amide bonds. The lowest BCUT2D eigenvalue weighted by Gasteiger charge is -2.20. The van der Waals surface area contributed by atoms with Gasteiger partial charge < -0.3 is 0 Å². The van der Waals surface area contributed by atoms with Gasteiger partial charge >= 0.3 is 0 Å². The molecule has 6 heterocycles. The summed E-state index contributed by atoms with van der Waals surface area (Å²) in [6, 6.07) is 97.5. The molecule has 13 aromatic carbocycles. The van der Waals surface area contributed by atoms with Crippen molar-refractivity contribution >= 4 is 141 Å². The summed E-state index contributed by atoms with van der Waals surface area (Å²) in [6.07, 6.45) is 18.0. The highest BCUT2D eigenvalue weighted by Crippen LogP contribution is 2.51. The molecule has 19 rings (SSSR count). The number of hydrogen-bond donors (Lipinski definition) is 0. The third-order valence-corrected chi connectivity index (χ3v) is 23.4. The molecule has 6 aromatic heterocycles. The number of para-hydroxylation sites is 2. The van der Waals surface area contributed by atoms with E-state index in [1.54, 1.807) is 0 Å². The summed E-state index contributed by atoms with van der Waals surface area (Å²) >= 11 is 0. The molecule has 0 radical (unpaired) electrons. The van der Waals surface area contributed by atoms with E-state index in [9.17, 15) is 0 Å². The highest BCUT2D eigenvalue weighted by Gasteiger charge is 2.29. The molecule has 4 nitrogen and oxygen atoms in total. The first-order chi connectivity index (χ1) is 51.4. The Morgan fingerprint density at radius 3 is 0.923 bits per heavy atom. The average molecular weight is 1340 g/mol. The molecule has 0 aliphatic rings. The van der Waals surface area contributed by atoms with E-state index in [4.69, 9.17) is 9.97 Å². The number of fused-ring (bicyclic) bond motifs is 19. The van der Waals surface area contributed by atoms with Crippen LogP contribution in [0.25, 0.3) is 186 Å². The van der Waals surface area contributed by atoms with Gasteiger partial charge in [0.05, 0.1) is 33.1 Å². The first kappa shape index (κ1) is 63.7. The number of pyridine rings is 4. The summed E-state index contributed by atoms with van der Waals surface area (Å²) < 4.78 is 5.25. The van der Waals surface area contributed by atoms with Crippen LogP contribution >= 0.6 is 0 Å². The van der Waals surface area contributed by atoms with Crippen molar-refractivity contribution in [3.63, 3.8) is 0 Å². The molecule has 0 aliphatic carbocycles. The summed E-state index contributed by atoms with van der Waals surface area (Å²) in [5.41, 5.74) is 25.1. The molecular formula is C100H86N4. The number of unbranched alkanes of at least 4 members (excludes halogenated alkanes) is 8. The maximum atomic E-state index is 5.81. The summed E-state index contributed by atoms with van der Waals surface area (Å²) in [7, 11) is 0. The zero-order valence-corrected chi connectivity index (χ0v) is 60.4. The van der Waals surface area contributed by atoms with Crippen LogP contribution in [0.3, 0.4) is 0 Å². The van der Waals surface area contributed by atoms with Crippen LogP contribution in [0.15, 0.2) is 255 Å². The minimum atomic E-state index is 1.01. The van der Waals surface area contributed by atoms with Crippen LogP contribution in [0, 0.1) is 0 Å². The first-order valence-electron chi connectivity index (χ1n) is 38.9. The zero-order valence-electron chi connectivity index (χ0n) is 60.4. The van der Waals surface area contributed by atoms with Crippen molar-refractivity contribution in [2.24, 2.45) is 0 Å². The second kappa shape index (κ2) is 26.6. The van der Waals surface area contributed by atoms with Gasteiger partial charge in [-0.05, 0) is 221 Å². The third-order valence-electron chi connectivity index (χ3n) is 23.4. The number of aryl methyl sites for hydroxylation is 4. The van der Waals surface area contributed by atoms with E-state index in [2.05, 4.69) is 291 Å². The van der Waals surface area contributed by atoms with Gasteiger partial charge in [-0.3, -0.25) is 8.80 Å². The summed E-state index contributed by atoms with van der Waals surface area (Å²) in [5.74, 6) is 0. The minimum absolute atomic E-state index is 1.01. The molecule has 0 saturated carbocycles. The standard InChI is InChI=1S/C100H86N4/c1-5-9-13-39-79-81(41-15-11-7-3)97-95(93-75-35-23-17-29-69(75)55-70-30-18-24-36-76(70)93)83-53-51-67(61-91(83)103(97)99-87(79)59-73-33-21-27-43-89(73)101-99)65-49-47-63-45-46-64-48-50-66(58-86(64)85(63)57-65)68-52-54-84-92(62-68)104-98(96(84)94-77-37-25-19-31-71(77)56-72-32-20-26-38-78(72)94)82(42-16-12-8-4)80(40-14-10-6-2)88-60-74-34-22-28-44-90(74)102-100(88)104/h17-38,43-62H,5-16,39-42H2,1-4H3. The van der Waals surface area contributed by atoms with Gasteiger partial charge in [0.25, 0.3) is 0 Å². The maximum Gasteiger partial charge on any atom is 0.145 e. The second-order valence-electron chi connectivity index (χ2n) is 29.8. The SMILES string of the molecule is CCCCCc1c(CCCCC)c2c(-c3c4ccccc4cc4ccccc34)c3ccc(-c4ccc5ccc6ccc(-c7ccc8c(-c9c%10ccccc%10cc%10ccccc9%10)c9c(CCCCC)c(CCCCC)c%10cc%11ccccc%11nc%10n9c8c7)cc6c5c4)cc3n2c2nc3ccccc3cc12. The molecule has 19 aromatic rings. The van der Waals surface area contributed by atoms with Crippen LogP contribution < -0.4 is 0 Å². The van der Waals surface area contributed by atoms with Gasteiger partial charge in [-0.2, -0.15) is 0 Å². The number of benzene rings is 13. The van der Waals surface area contributed by atoms with Crippen LogP contribution in [0.1, 0.15) is 127 Å². The van der Waals surface area contributed by atoms with Crippen molar-refractivity contribution in [3.05, 3.63) is 277 Å². The number of aromatic nitrogens is 4. The predicted octanol–water partition coefficient (Wildman–Crippen LogP) is 28.4. The number of nitrogens with zero attached hydrogens (tertiary/aromatic N) is 4. The van der Waals surface area contributed by atoms with E-state index in [0.717, 1.165) is 86.5 Å². The van der Waals surface area contributed by atoms with E-state index in [-0.39, 0.29) is 0 Å². The van der Waals surface area contributed by atoms with Crippen LogP contribution in [-0.2, 0) is 25.7 Å². The van der Waals surface area contributed by atoms with Crippen molar-refractivity contribution in [1.82, 2.24) is 18.8 Å². The Labute approximate surface area is 608 Å². The fraction of sp³-hybridized carbons (Fsp3) is 0.200. The second-order valence-corrected chi connectivity index (χ2v) is 29.8. The van der Waals surface area contributed by atoms with Crippen molar-refractivity contribution < 1.29 is 0 Å². The molecule has 4 heteroatoms. The van der Waals surface area contributed by atoms with E-state index >= 15 is 0 Å². The molecule has 0 bridgehead atoms. The molecule has 0 spiro atoms. The van der Waals surface area contributed by atoms with Crippen LogP contribution in [0.2, 0.25) is 0 Å². The lowest BCUT2D eigenvalue weighted by molar-refractivity contribution is 0.697. The molecule has 0 aliphatic heterocycles. The van der Waals surface area contributed by atoms with Gasteiger partial charge in [-0.15, -0.1) is 0 Å². The largest absolute Gasteiger partial charge is 0.293 e. The smallest absolute Gasteiger partial charge is 0.145 e. The Morgan fingerprint density at radius 1 is 0.231 bits per heavy atom. The van der Waals surface area contributed by atoms with E-state index in [0.29, 0.717) is 0 Å². The maximum absolute atomic E-state index is 5.81. The van der Waals surface area contributed by atoms with Gasteiger partial charge in [0.2, 0.25) is 0 Å². The molecule has 0 unspecified atom stereocenters. The van der Waals surface area contributed by atoms with E-state index < -0.39 is 0 Å². The molecule has 0 fully saturated rings. The molecule has 0 atom stereocenters. The summed E-state index contributed by atoms with van der Waals surface area (Å²) in [6.45, 7) is 9.34. The van der Waals surface area contributed by atoms with Gasteiger partial charge in [-0.1, -0.05) is 273 Å². The van der Waals surface area contributed by atoms with Crippen LogP contribution in [0.5, 0.6) is 0 Å². The predicted molar refractivity (Wildman–Crippen MR) is 449 cm³/mol. The molecule has 104 heavy (non-hydrogen) atoms. The fourth-order valence-corrected chi connectivity index (χ4v) is 18.4. The number of rotatable bonds is 20. The van der Waals surface area contributed by atoms with Gasteiger partial charge in [0, 0.05) is 54.6 Å². The average Bonchev–Trinajstić information content (AvgIpc) is 1.63. The van der Waals surface area contributed by atoms with Gasteiger partial charge in [0.1, 0.15) is 11.3 Å². The highest BCUT2D eigenvalue weighted by atomic mass is 15.0. The Balaban J connectivity index is 0.850. The Morgan fingerprint density at radius 2 is 0.548 bits per heavy atom. The summed E-state index contributed by atoms with van der Waals surface area (Å²) in [4.78, 5) is 11.6. The Hall–Kier alpha value is -11.2. The molecule has 0 N–H and O–H groups in total. The lowest BCUT2D eigenvalue weighted by Crippen LogP contribution is -2.05. The highest BCUT2D eigenvalue weighted by molar-refractivity contribution is 6.25. The van der Waals surface area contributed by atoms with Crippen molar-refractivity contribution in [2.75, 3.05) is 0 Å². The first-order valence-corrected chi connectivity index (χ1v) is 38.9. The van der Waals surface area contributed by atoms with E-state index in [1.807, 2.05) is 0 Å². The fourth-order valence-electron chi connectivity index (χ4n) is 18.4. The van der Waals surface area contributed by atoms with Crippen LogP contribution in [-0.4, -0.2) is 18.8 Å². The monoisotopic (exact) mass is 1340 g/mol. The normalized spacial score (nSPS) is 12.3. The van der Waals surface area contributed by atoms with Crippen molar-refractivity contribution in [2.45, 2.75) is 130 Å². The lowest BCUT2D eigenvalue weighted by atomic mass is 9.87. The third kappa shape index (κ3) is 10.5. The van der Waals surface area contributed by atoms with Crippen molar-refractivity contribution in [1.29, 1.82) is 0 Å².